The van der Waals surface area contributed by atoms with E-state index in [4.69, 9.17) is 4.42 Å². The first-order chi connectivity index (χ1) is 10.7. The number of amides is 1. The summed E-state index contributed by atoms with van der Waals surface area (Å²) in [6.45, 7) is 0.306. The van der Waals surface area contributed by atoms with Crippen LogP contribution in [-0.4, -0.2) is 10.9 Å². The smallest absolute Gasteiger partial charge is 0.287 e. The normalized spacial score (nSPS) is 10.4. The molecule has 0 bridgehead atoms. The molecular formula is C17H13FN2O2. The van der Waals surface area contributed by atoms with E-state index in [1.807, 2.05) is 6.07 Å². The molecule has 0 saturated carbocycles. The molecular weight excluding hydrogens is 283 g/mol. The summed E-state index contributed by atoms with van der Waals surface area (Å²) in [5, 5.41) is 2.78. The Morgan fingerprint density at radius 1 is 1.14 bits per heavy atom. The number of halogens is 1. The lowest BCUT2D eigenvalue weighted by Gasteiger charge is -2.09. The molecule has 2 aromatic heterocycles. The van der Waals surface area contributed by atoms with Crippen molar-refractivity contribution in [3.05, 3.63) is 78.1 Å². The van der Waals surface area contributed by atoms with Gasteiger partial charge in [-0.25, -0.2) is 4.39 Å². The van der Waals surface area contributed by atoms with E-state index in [0.29, 0.717) is 12.2 Å². The van der Waals surface area contributed by atoms with Gasteiger partial charge in [0.15, 0.2) is 5.76 Å². The molecule has 0 saturated heterocycles. The molecule has 0 aliphatic heterocycles. The summed E-state index contributed by atoms with van der Waals surface area (Å²) in [6.07, 6.45) is 3.11. The van der Waals surface area contributed by atoms with E-state index in [-0.39, 0.29) is 17.5 Å². The fourth-order valence-electron chi connectivity index (χ4n) is 2.12. The SMILES string of the molecule is O=C(NCc1cccnc1-c1ccc(F)cc1)c1ccco1. The molecule has 0 aliphatic carbocycles. The van der Waals surface area contributed by atoms with Gasteiger partial charge in [0.1, 0.15) is 5.82 Å². The maximum Gasteiger partial charge on any atom is 0.287 e. The summed E-state index contributed by atoms with van der Waals surface area (Å²) in [6, 6.07) is 13.0. The summed E-state index contributed by atoms with van der Waals surface area (Å²) in [5.41, 5.74) is 2.35. The van der Waals surface area contributed by atoms with Gasteiger partial charge in [-0.1, -0.05) is 6.07 Å². The third-order valence-corrected chi connectivity index (χ3v) is 3.19. The fourth-order valence-corrected chi connectivity index (χ4v) is 2.12. The predicted molar refractivity (Wildman–Crippen MR) is 79.5 cm³/mol. The fraction of sp³-hybridized carbons (Fsp3) is 0.0588. The monoisotopic (exact) mass is 296 g/mol. The minimum Gasteiger partial charge on any atom is -0.459 e. The topological polar surface area (TPSA) is 55.1 Å². The molecule has 0 aliphatic rings. The minimum atomic E-state index is -0.299. The van der Waals surface area contributed by atoms with Crippen molar-refractivity contribution in [1.82, 2.24) is 10.3 Å². The van der Waals surface area contributed by atoms with Gasteiger partial charge in [0, 0.05) is 18.3 Å². The number of hydrogen-bond acceptors (Lipinski definition) is 3. The van der Waals surface area contributed by atoms with Gasteiger partial charge in [-0.05, 0) is 48.0 Å². The van der Waals surface area contributed by atoms with Gasteiger partial charge in [0.2, 0.25) is 0 Å². The first-order valence-corrected chi connectivity index (χ1v) is 6.75. The van der Waals surface area contributed by atoms with Crippen LogP contribution in [0.15, 0.2) is 65.4 Å². The first-order valence-electron chi connectivity index (χ1n) is 6.75. The minimum absolute atomic E-state index is 0.257. The predicted octanol–water partition coefficient (Wildman–Crippen LogP) is 3.41. The number of aromatic nitrogens is 1. The number of nitrogens with zero attached hydrogens (tertiary/aromatic N) is 1. The molecule has 3 aromatic rings. The summed E-state index contributed by atoms with van der Waals surface area (Å²) in [7, 11) is 0. The Morgan fingerprint density at radius 2 is 1.95 bits per heavy atom. The molecule has 0 unspecified atom stereocenters. The molecule has 110 valence electrons. The lowest BCUT2D eigenvalue weighted by molar-refractivity contribution is 0.0923. The van der Waals surface area contributed by atoms with Gasteiger partial charge < -0.3 is 9.73 Å². The zero-order valence-electron chi connectivity index (χ0n) is 11.6. The van der Waals surface area contributed by atoms with E-state index in [0.717, 1.165) is 11.1 Å². The van der Waals surface area contributed by atoms with Crippen LogP contribution in [0.25, 0.3) is 11.3 Å². The van der Waals surface area contributed by atoms with Crippen molar-refractivity contribution in [2.75, 3.05) is 0 Å². The van der Waals surface area contributed by atoms with Gasteiger partial charge in [-0.3, -0.25) is 9.78 Å². The maximum atomic E-state index is 13.0. The number of hydrogen-bond donors (Lipinski definition) is 1. The van der Waals surface area contributed by atoms with Crippen LogP contribution in [0, 0.1) is 5.82 Å². The van der Waals surface area contributed by atoms with Crippen LogP contribution in [0.4, 0.5) is 4.39 Å². The van der Waals surface area contributed by atoms with Crippen molar-refractivity contribution < 1.29 is 13.6 Å². The van der Waals surface area contributed by atoms with E-state index in [9.17, 15) is 9.18 Å². The van der Waals surface area contributed by atoms with E-state index >= 15 is 0 Å². The van der Waals surface area contributed by atoms with Crippen molar-refractivity contribution in [3.63, 3.8) is 0 Å². The van der Waals surface area contributed by atoms with Crippen LogP contribution < -0.4 is 5.32 Å². The van der Waals surface area contributed by atoms with Gasteiger partial charge in [0.05, 0.1) is 12.0 Å². The van der Waals surface area contributed by atoms with Gasteiger partial charge in [-0.15, -0.1) is 0 Å². The molecule has 1 N–H and O–H groups in total. The molecule has 3 rings (SSSR count). The van der Waals surface area contributed by atoms with E-state index in [2.05, 4.69) is 10.3 Å². The molecule has 0 spiro atoms. The standard InChI is InChI=1S/C17H13FN2O2/c18-14-7-5-12(6-8-14)16-13(3-1-9-19-16)11-20-17(21)15-4-2-10-22-15/h1-10H,11H2,(H,20,21). The van der Waals surface area contributed by atoms with E-state index in [1.165, 1.54) is 18.4 Å². The number of carbonyl (C=O) groups excluding carboxylic acids is 1. The van der Waals surface area contributed by atoms with Crippen LogP contribution >= 0.6 is 0 Å². The number of pyridine rings is 1. The van der Waals surface area contributed by atoms with Crippen molar-refractivity contribution in [1.29, 1.82) is 0 Å². The second kappa shape index (κ2) is 6.22. The van der Waals surface area contributed by atoms with Crippen molar-refractivity contribution in [2.45, 2.75) is 6.54 Å². The Balaban J connectivity index is 1.80. The zero-order valence-corrected chi connectivity index (χ0v) is 11.6. The number of furan rings is 1. The summed E-state index contributed by atoms with van der Waals surface area (Å²) >= 11 is 0. The van der Waals surface area contributed by atoms with E-state index in [1.54, 1.807) is 36.5 Å². The molecule has 22 heavy (non-hydrogen) atoms. The summed E-state index contributed by atoms with van der Waals surface area (Å²) < 4.78 is 18.1. The van der Waals surface area contributed by atoms with Crippen LogP contribution in [0.3, 0.4) is 0 Å². The molecule has 0 radical (unpaired) electrons. The second-order valence-corrected chi connectivity index (χ2v) is 4.68. The molecule has 0 atom stereocenters. The third-order valence-electron chi connectivity index (χ3n) is 3.19. The summed E-state index contributed by atoms with van der Waals surface area (Å²) in [4.78, 5) is 16.2. The van der Waals surface area contributed by atoms with Crippen LogP contribution in [-0.2, 0) is 6.54 Å². The molecule has 1 amide bonds. The van der Waals surface area contributed by atoms with Gasteiger partial charge in [0.25, 0.3) is 5.91 Å². The van der Waals surface area contributed by atoms with Crippen molar-refractivity contribution >= 4 is 5.91 Å². The third kappa shape index (κ3) is 3.03. The van der Waals surface area contributed by atoms with Crippen LogP contribution in [0.2, 0.25) is 0 Å². The van der Waals surface area contributed by atoms with Crippen LogP contribution in [0.1, 0.15) is 16.1 Å². The Labute approximate surface area is 126 Å². The Hall–Kier alpha value is -2.95. The highest BCUT2D eigenvalue weighted by atomic mass is 19.1. The highest BCUT2D eigenvalue weighted by Crippen LogP contribution is 2.21. The van der Waals surface area contributed by atoms with E-state index < -0.39 is 0 Å². The average Bonchev–Trinajstić information content (AvgIpc) is 3.08. The molecule has 0 fully saturated rings. The largest absolute Gasteiger partial charge is 0.459 e. The van der Waals surface area contributed by atoms with Gasteiger partial charge in [-0.2, -0.15) is 0 Å². The van der Waals surface area contributed by atoms with Crippen LogP contribution in [0.5, 0.6) is 0 Å². The number of benzene rings is 1. The maximum absolute atomic E-state index is 13.0. The quantitative estimate of drug-likeness (QED) is 0.802. The Morgan fingerprint density at radius 3 is 2.68 bits per heavy atom. The van der Waals surface area contributed by atoms with Crippen molar-refractivity contribution in [2.24, 2.45) is 0 Å². The summed E-state index contributed by atoms with van der Waals surface area (Å²) in [5.74, 6) is -0.335. The number of rotatable bonds is 4. The molecule has 1 aromatic carbocycles. The number of carbonyl (C=O) groups is 1. The second-order valence-electron chi connectivity index (χ2n) is 4.68. The molecule has 4 nitrogen and oxygen atoms in total. The Bertz CT molecular complexity index is 768. The highest BCUT2D eigenvalue weighted by molar-refractivity contribution is 5.91. The Kier molecular flexibility index (Phi) is 3.96. The lowest BCUT2D eigenvalue weighted by Crippen LogP contribution is -2.22. The zero-order chi connectivity index (χ0) is 15.4. The van der Waals surface area contributed by atoms with Crippen molar-refractivity contribution in [3.8, 4) is 11.3 Å². The highest BCUT2D eigenvalue weighted by Gasteiger charge is 2.11. The first kappa shape index (κ1) is 14.0. The van der Waals surface area contributed by atoms with Gasteiger partial charge >= 0.3 is 0 Å². The average molecular weight is 296 g/mol. The molecule has 2 heterocycles. The molecule has 5 heteroatoms. The number of nitrogens with one attached hydrogen (secondary N) is 1. The lowest BCUT2D eigenvalue weighted by atomic mass is 10.1.